The Hall–Kier alpha value is 0.284. The van der Waals surface area contributed by atoms with Gasteiger partial charge in [-0.1, -0.05) is 0 Å². The summed E-state index contributed by atoms with van der Waals surface area (Å²) in [6.45, 7) is 4.06. The van der Waals surface area contributed by atoms with Gasteiger partial charge in [-0.2, -0.15) is 0 Å². The van der Waals surface area contributed by atoms with Gasteiger partial charge in [0.1, 0.15) is 0 Å². The van der Waals surface area contributed by atoms with Gasteiger partial charge in [-0.3, -0.25) is 0 Å². The molecule has 0 aliphatic heterocycles. The average molecular weight is 105 g/mol. The predicted octanol–water partition coefficient (Wildman–Crippen LogP) is 0.704. The van der Waals surface area contributed by atoms with Crippen LogP contribution in [0.5, 0.6) is 0 Å². The van der Waals surface area contributed by atoms with E-state index in [4.69, 9.17) is 5.11 Å². The minimum atomic E-state index is 0. The summed E-state index contributed by atoms with van der Waals surface area (Å²) < 4.78 is 0. The van der Waals surface area contributed by atoms with Crippen molar-refractivity contribution >= 4 is 0 Å². The number of aliphatic hydroxyl groups is 1. The normalized spacial score (nSPS) is 4.20. The van der Waals surface area contributed by atoms with Crippen LogP contribution in [0.2, 0.25) is 0 Å². The summed E-state index contributed by atoms with van der Waals surface area (Å²) in [4.78, 5) is 0. The molecule has 0 bridgehead atoms. The summed E-state index contributed by atoms with van der Waals surface area (Å²) in [6.07, 6.45) is 1.31. The summed E-state index contributed by atoms with van der Waals surface area (Å²) in [5.74, 6) is 0. The first-order valence-corrected chi connectivity index (χ1v) is 1.000. The summed E-state index contributed by atoms with van der Waals surface area (Å²) in [7, 11) is 0. The summed E-state index contributed by atoms with van der Waals surface area (Å²) >= 11 is 0. The third kappa shape index (κ3) is 13.6. The molecule has 2 heteroatoms. The molecule has 1 N–H and O–H groups in total. The molecule has 0 saturated carbocycles. The summed E-state index contributed by atoms with van der Waals surface area (Å²) in [5.41, 5.74) is 0. The Morgan fingerprint density at radius 2 is 2.00 bits per heavy atom. The van der Waals surface area contributed by atoms with Crippen LogP contribution in [0.4, 0.5) is 0 Å². The number of hydrogen-bond acceptors (Lipinski definition) is 1. The maximum Gasteiger partial charge on any atom is 0 e. The Balaban J connectivity index is 0. The van der Waals surface area contributed by atoms with Gasteiger partial charge >= 0.3 is 0 Å². The topological polar surface area (TPSA) is 20.2 Å². The molecule has 5 heavy (non-hydrogen) atoms. The number of aliphatic hydroxyl groups excluding tert-OH is 1. The minimum Gasteiger partial charge on any atom is -0.458 e. The number of hydrogen-bond donors (Lipinski definition) is 1. The molecule has 0 atom stereocenters. The third-order valence-corrected chi connectivity index (χ3v) is 0.105. The first-order chi connectivity index (χ1) is 1.91. The van der Waals surface area contributed by atoms with Crippen LogP contribution in [0.15, 0.2) is 12.7 Å². The van der Waals surface area contributed by atoms with Crippen LogP contribution in [-0.2, 0) is 21.7 Å². The van der Waals surface area contributed by atoms with Crippen molar-refractivity contribution in [2.24, 2.45) is 0 Å². The van der Waals surface area contributed by atoms with Gasteiger partial charge in [0.2, 0.25) is 0 Å². The van der Waals surface area contributed by atoms with Gasteiger partial charge in [-0.05, 0) is 0 Å². The van der Waals surface area contributed by atoms with E-state index in [0.29, 0.717) is 0 Å². The van der Waals surface area contributed by atoms with Gasteiger partial charge in [-0.25, -0.2) is 12.7 Å². The van der Waals surface area contributed by atoms with Crippen LogP contribution >= 0.6 is 0 Å². The largest absolute Gasteiger partial charge is 0.458 e. The predicted molar refractivity (Wildman–Crippen MR) is 16.4 cm³/mol. The van der Waals surface area contributed by atoms with Crippen molar-refractivity contribution in [3.8, 4) is 0 Å². The fraction of sp³-hybridized carbons (Fsp3) is 0. The molecule has 28 valence electrons. The van der Waals surface area contributed by atoms with Gasteiger partial charge in [0.15, 0.2) is 0 Å². The van der Waals surface area contributed by atoms with Crippen molar-refractivity contribution in [1.82, 2.24) is 0 Å². The molecule has 0 heterocycles. The first-order valence-electron chi connectivity index (χ1n) is 1.000. The van der Waals surface area contributed by atoms with E-state index in [1.54, 1.807) is 0 Å². The minimum absolute atomic E-state index is 0. The summed E-state index contributed by atoms with van der Waals surface area (Å²) in [5, 5.41) is 7.63. The van der Waals surface area contributed by atoms with E-state index >= 15 is 0 Å². The molecule has 0 spiro atoms. The Morgan fingerprint density at radius 3 is 2.00 bits per heavy atom. The Labute approximate surface area is 46.6 Å². The second-order valence-electron chi connectivity index (χ2n) is 0.385. The maximum atomic E-state index is 7.63. The van der Waals surface area contributed by atoms with Crippen LogP contribution in [0.25, 0.3) is 0 Å². The Kier molecular flexibility index (Phi) is 15.9. The molecule has 0 rings (SSSR count). The second-order valence-corrected chi connectivity index (χ2v) is 0.385. The second kappa shape index (κ2) is 8.86. The Bertz CT molecular complexity index is 20.9. The smallest absolute Gasteiger partial charge is 0 e. The van der Waals surface area contributed by atoms with Gasteiger partial charge in [-0.15, -0.1) is 6.61 Å². The third-order valence-electron chi connectivity index (χ3n) is 0.105. The van der Waals surface area contributed by atoms with Gasteiger partial charge in [0.05, 0.1) is 0 Å². The molecule has 0 aliphatic rings. The molecule has 0 unspecified atom stereocenters. The quantitative estimate of drug-likeness (QED) is 0.384. The molecular weight excluding hydrogens is 99.9 g/mol. The molecule has 0 aromatic heterocycles. The fourth-order valence-corrected chi connectivity index (χ4v) is 0. The van der Waals surface area contributed by atoms with Crippen molar-refractivity contribution in [2.45, 2.75) is 0 Å². The van der Waals surface area contributed by atoms with Crippen LogP contribution in [0, 0.1) is 6.61 Å². The van der Waals surface area contributed by atoms with Gasteiger partial charge < -0.3 is 5.11 Å². The van der Waals surface area contributed by atoms with Crippen molar-refractivity contribution in [1.29, 1.82) is 0 Å². The van der Waals surface area contributed by atoms with E-state index in [-0.39, 0.29) is 21.7 Å². The average Bonchev–Trinajstić information content (AvgIpc) is 1.37. The number of rotatable bonds is 1. The van der Waals surface area contributed by atoms with Gasteiger partial charge in [0.25, 0.3) is 0 Å². The zero-order valence-corrected chi connectivity index (χ0v) is 4.37. The fourth-order valence-electron chi connectivity index (χ4n) is 0. The molecule has 0 amide bonds. The van der Waals surface area contributed by atoms with E-state index in [1.807, 2.05) is 0 Å². The van der Waals surface area contributed by atoms with Crippen molar-refractivity contribution in [3.05, 3.63) is 19.3 Å². The van der Waals surface area contributed by atoms with Crippen molar-refractivity contribution in [2.75, 3.05) is 0 Å². The van der Waals surface area contributed by atoms with E-state index in [1.165, 1.54) is 6.08 Å². The molecule has 0 fully saturated rings. The van der Waals surface area contributed by atoms with Crippen LogP contribution in [0.1, 0.15) is 0 Å². The van der Waals surface area contributed by atoms with Crippen LogP contribution in [-0.4, -0.2) is 5.11 Å². The molecule has 0 aliphatic carbocycles. The van der Waals surface area contributed by atoms with Crippen molar-refractivity contribution in [3.63, 3.8) is 0 Å². The zero-order chi connectivity index (χ0) is 3.41. The van der Waals surface area contributed by atoms with Gasteiger partial charge in [0, 0.05) is 21.7 Å². The maximum absolute atomic E-state index is 7.63. The molecule has 0 aromatic rings. The van der Waals surface area contributed by atoms with E-state index < -0.39 is 0 Å². The van der Waals surface area contributed by atoms with E-state index in [2.05, 4.69) is 6.58 Å². The summed E-state index contributed by atoms with van der Waals surface area (Å²) in [6, 6.07) is 0. The first kappa shape index (κ1) is 8.99. The Morgan fingerprint density at radius 1 is 1.80 bits per heavy atom. The molecule has 0 saturated heterocycles. The molecule has 0 radical (unpaired) electrons. The standard InChI is InChI=1S/C3H5O.Ti/c1-2-3-4;/h2-4H,1H2;/q-1;. The SMILES string of the molecule is C=C[CH-]O.[Ti]. The monoisotopic (exact) mass is 105 g/mol. The van der Waals surface area contributed by atoms with Crippen molar-refractivity contribution < 1.29 is 26.8 Å². The molecule has 1 nitrogen and oxygen atoms in total. The van der Waals surface area contributed by atoms with E-state index in [0.717, 1.165) is 6.61 Å². The van der Waals surface area contributed by atoms with E-state index in [9.17, 15) is 0 Å². The van der Waals surface area contributed by atoms with Crippen LogP contribution in [0.3, 0.4) is 0 Å². The zero-order valence-electron chi connectivity index (χ0n) is 2.81. The van der Waals surface area contributed by atoms with Crippen LogP contribution < -0.4 is 0 Å². The molecule has 0 aromatic carbocycles. The molecular formula is C3H5OTi-.